The molecular formula is C45H53N9O5. The van der Waals surface area contributed by atoms with E-state index in [9.17, 15) is 19.5 Å². The number of hydrogen-bond acceptors (Lipinski definition) is 12. The zero-order valence-corrected chi connectivity index (χ0v) is 33.6. The number of rotatable bonds is 10. The van der Waals surface area contributed by atoms with Crippen molar-refractivity contribution in [1.82, 2.24) is 25.3 Å². The van der Waals surface area contributed by atoms with Crippen LogP contribution >= 0.6 is 0 Å². The van der Waals surface area contributed by atoms with E-state index in [1.165, 1.54) is 5.56 Å². The molecule has 0 radical (unpaired) electrons. The molecule has 308 valence electrons. The van der Waals surface area contributed by atoms with Gasteiger partial charge in [0.25, 0.3) is 0 Å². The van der Waals surface area contributed by atoms with Crippen LogP contribution in [-0.2, 0) is 14.4 Å². The van der Waals surface area contributed by atoms with Crippen molar-refractivity contribution in [3.63, 3.8) is 0 Å². The number of piperazine rings is 1. The number of nitrogen functional groups attached to an aromatic ring is 1. The number of likely N-dealkylation sites (N-methyl/N-ethyl adjacent to an activating group) is 1. The van der Waals surface area contributed by atoms with Crippen LogP contribution in [0.15, 0.2) is 78.9 Å². The van der Waals surface area contributed by atoms with Gasteiger partial charge in [-0.2, -0.15) is 0 Å². The van der Waals surface area contributed by atoms with Gasteiger partial charge in [-0.3, -0.25) is 24.6 Å². The number of carbonyl (C=O) groups excluding carboxylic acids is 3. The summed E-state index contributed by atoms with van der Waals surface area (Å²) in [5.74, 6) is 1.47. The largest absolute Gasteiger partial charge is 0.507 e. The van der Waals surface area contributed by atoms with E-state index in [0.29, 0.717) is 67.6 Å². The van der Waals surface area contributed by atoms with Crippen molar-refractivity contribution in [2.45, 2.75) is 75.1 Å². The van der Waals surface area contributed by atoms with Crippen molar-refractivity contribution in [1.29, 1.82) is 0 Å². The molecule has 5 aliphatic rings. The quantitative estimate of drug-likeness (QED) is 0.195. The highest BCUT2D eigenvalue weighted by Gasteiger charge is 2.41. The van der Waals surface area contributed by atoms with Gasteiger partial charge >= 0.3 is 0 Å². The summed E-state index contributed by atoms with van der Waals surface area (Å²) in [6.45, 7) is 5.00. The van der Waals surface area contributed by atoms with Gasteiger partial charge in [-0.25, -0.2) is 0 Å². The monoisotopic (exact) mass is 799 g/mol. The number of anilines is 4. The first-order chi connectivity index (χ1) is 28.7. The first-order valence-corrected chi connectivity index (χ1v) is 21.0. The fourth-order valence-corrected chi connectivity index (χ4v) is 9.89. The topological polar surface area (TPSA) is 161 Å². The number of hydrogen-bond donors (Lipinski definition) is 3. The van der Waals surface area contributed by atoms with Gasteiger partial charge in [0, 0.05) is 74.6 Å². The maximum absolute atomic E-state index is 13.5. The Kier molecular flexibility index (Phi) is 10.7. The second-order valence-electron chi connectivity index (χ2n) is 16.8. The molecule has 2 bridgehead atoms. The number of likely N-dealkylation sites (tertiary alicyclic amines) is 2. The molecule has 4 aromatic rings. The Bertz CT molecular complexity index is 2200. The number of nitrogens with one attached hydrogen (secondary N) is 1. The lowest BCUT2D eigenvalue weighted by molar-refractivity contribution is -0.134. The van der Waals surface area contributed by atoms with Crippen LogP contribution in [0.25, 0.3) is 11.3 Å². The average molecular weight is 800 g/mol. The zero-order valence-electron chi connectivity index (χ0n) is 33.6. The lowest BCUT2D eigenvalue weighted by Gasteiger charge is -2.43. The fourth-order valence-electron chi connectivity index (χ4n) is 9.89. The molecule has 5 aliphatic heterocycles. The molecular weight excluding hydrogens is 747 g/mol. The van der Waals surface area contributed by atoms with Gasteiger partial charge in [0.15, 0.2) is 5.82 Å². The van der Waals surface area contributed by atoms with E-state index < -0.39 is 0 Å². The number of benzene rings is 3. The molecule has 9 rings (SSSR count). The highest BCUT2D eigenvalue weighted by molar-refractivity contribution is 6.01. The van der Waals surface area contributed by atoms with Crippen molar-refractivity contribution >= 4 is 40.6 Å². The Morgan fingerprint density at radius 2 is 1.66 bits per heavy atom. The van der Waals surface area contributed by atoms with Crippen molar-refractivity contribution in [3.8, 4) is 22.8 Å². The molecule has 0 spiro atoms. The summed E-state index contributed by atoms with van der Waals surface area (Å²) in [4.78, 5) is 48.7. The number of aromatic hydroxyl groups is 1. The number of nitrogens with zero attached hydrogens (tertiary/aromatic N) is 7. The average Bonchev–Trinajstić information content (AvgIpc) is 3.82. The highest BCUT2D eigenvalue weighted by Crippen LogP contribution is 2.40. The zero-order chi connectivity index (χ0) is 40.6. The molecule has 6 heterocycles. The summed E-state index contributed by atoms with van der Waals surface area (Å²) in [7, 11) is 1.92. The standard InChI is InChI=1S/C45H53N9O5/c1-50(39-14-15-42(56)47-45(39)58)31-7-4-6-30(22-31)29-16-19-51(20-17-29)28-43(57)52-21-18-36(27-52)59-35-9-5-8-32(23-35)54-33-12-13-34(54)26-53(25-33)40-24-38(48-49-44(40)46)37-10-2-3-11-41(37)55/h2-11,22-24,29,33-34,36,39,55H,12-21,25-28H2,1H3,(H2,46,49)(H,47,56,58)/t33-,34+,36-,39?/m0/s1. The van der Waals surface area contributed by atoms with Crippen LogP contribution in [0.1, 0.15) is 56.4 Å². The molecule has 4 atom stereocenters. The van der Waals surface area contributed by atoms with E-state index in [0.717, 1.165) is 81.1 Å². The number of imide groups is 1. The summed E-state index contributed by atoms with van der Waals surface area (Å²) >= 11 is 0. The number of phenols is 1. The number of amides is 3. The minimum Gasteiger partial charge on any atom is -0.507 e. The lowest BCUT2D eigenvalue weighted by Crippen LogP contribution is -2.54. The number of carbonyl (C=O) groups is 3. The van der Waals surface area contributed by atoms with Gasteiger partial charge < -0.3 is 35.2 Å². The molecule has 3 aromatic carbocycles. The van der Waals surface area contributed by atoms with E-state index in [1.807, 2.05) is 53.2 Å². The Morgan fingerprint density at radius 3 is 2.44 bits per heavy atom. The summed E-state index contributed by atoms with van der Waals surface area (Å²) < 4.78 is 6.54. The fraction of sp³-hybridized carbons (Fsp3) is 0.444. The third-order valence-electron chi connectivity index (χ3n) is 13.1. The third kappa shape index (κ3) is 8.10. The van der Waals surface area contributed by atoms with Crippen LogP contribution in [0, 0.1) is 0 Å². The molecule has 0 aliphatic carbocycles. The Hall–Kier alpha value is -5.89. The molecule has 3 amide bonds. The normalized spacial score (nSPS) is 23.7. The SMILES string of the molecule is CN(c1cccc(C2CCN(CC(=O)N3CC[C@H](Oc4cccc(N5[C@@H]6CC[C@H]5CN(c5cc(-c7ccccc7O)nnc5N)C6)c4)C3)CC2)c1)C1CCC(=O)NC1=O. The molecule has 0 saturated carbocycles. The number of para-hydroxylation sites is 1. The molecule has 1 aromatic heterocycles. The number of fused-ring (bicyclic) bond motifs is 2. The number of phenolic OH excluding ortho intramolecular Hbond substituents is 1. The maximum atomic E-state index is 13.5. The third-order valence-corrected chi connectivity index (χ3v) is 13.1. The number of aromatic nitrogens is 2. The van der Waals surface area contributed by atoms with E-state index in [4.69, 9.17) is 10.5 Å². The van der Waals surface area contributed by atoms with Crippen molar-refractivity contribution in [2.75, 3.05) is 73.3 Å². The Balaban J connectivity index is 0.760. The maximum Gasteiger partial charge on any atom is 0.249 e. The van der Waals surface area contributed by atoms with Gasteiger partial charge in [0.1, 0.15) is 23.6 Å². The van der Waals surface area contributed by atoms with E-state index in [-0.39, 0.29) is 35.6 Å². The van der Waals surface area contributed by atoms with Crippen molar-refractivity contribution < 1.29 is 24.2 Å². The van der Waals surface area contributed by atoms with Gasteiger partial charge in [0.05, 0.1) is 24.5 Å². The number of ether oxygens (including phenoxy) is 1. The molecule has 4 N–H and O–H groups in total. The van der Waals surface area contributed by atoms with Crippen LogP contribution in [-0.4, -0.2) is 120 Å². The number of piperidine rings is 2. The predicted octanol–water partition coefficient (Wildman–Crippen LogP) is 4.39. The van der Waals surface area contributed by atoms with E-state index in [2.05, 4.69) is 60.5 Å². The second-order valence-corrected chi connectivity index (χ2v) is 16.8. The van der Waals surface area contributed by atoms with Gasteiger partial charge in [0.2, 0.25) is 17.7 Å². The lowest BCUT2D eigenvalue weighted by atomic mass is 9.89. The number of nitrogens with two attached hydrogens (primary N) is 1. The second kappa shape index (κ2) is 16.4. The van der Waals surface area contributed by atoms with E-state index in [1.54, 1.807) is 12.1 Å². The summed E-state index contributed by atoms with van der Waals surface area (Å²) in [6, 6.07) is 26.1. The van der Waals surface area contributed by atoms with Crippen LogP contribution in [0.5, 0.6) is 11.5 Å². The summed E-state index contributed by atoms with van der Waals surface area (Å²) in [5, 5.41) is 21.4. The molecule has 14 nitrogen and oxygen atoms in total. The molecule has 5 saturated heterocycles. The van der Waals surface area contributed by atoms with Crippen molar-refractivity contribution in [3.05, 3.63) is 84.4 Å². The van der Waals surface area contributed by atoms with Gasteiger partial charge in [-0.15, -0.1) is 10.2 Å². The van der Waals surface area contributed by atoms with Crippen LogP contribution in [0.4, 0.5) is 22.9 Å². The van der Waals surface area contributed by atoms with Gasteiger partial charge in [-0.1, -0.05) is 30.3 Å². The first-order valence-electron chi connectivity index (χ1n) is 21.0. The molecule has 1 unspecified atom stereocenters. The predicted molar refractivity (Wildman–Crippen MR) is 227 cm³/mol. The summed E-state index contributed by atoms with van der Waals surface area (Å²) in [5.41, 5.74) is 11.8. The molecule has 59 heavy (non-hydrogen) atoms. The summed E-state index contributed by atoms with van der Waals surface area (Å²) in [6.07, 6.45) is 5.70. The minimum atomic E-state index is -0.356. The van der Waals surface area contributed by atoms with Crippen LogP contribution in [0.2, 0.25) is 0 Å². The Morgan fingerprint density at radius 1 is 0.881 bits per heavy atom. The van der Waals surface area contributed by atoms with Gasteiger partial charge in [-0.05, 0) is 99.1 Å². The highest BCUT2D eigenvalue weighted by atomic mass is 16.5. The Labute approximate surface area is 344 Å². The van der Waals surface area contributed by atoms with Crippen molar-refractivity contribution in [2.24, 2.45) is 0 Å². The van der Waals surface area contributed by atoms with Crippen LogP contribution < -0.4 is 30.5 Å². The molecule has 14 heteroatoms. The smallest absolute Gasteiger partial charge is 0.249 e. The first kappa shape index (κ1) is 38.6. The molecule has 5 fully saturated rings. The van der Waals surface area contributed by atoms with E-state index >= 15 is 0 Å². The van der Waals surface area contributed by atoms with Crippen LogP contribution in [0.3, 0.4) is 0 Å². The minimum absolute atomic E-state index is 0.0560.